The normalized spacial score (nSPS) is 10.5. The molecule has 4 nitrogen and oxygen atoms in total. The predicted octanol–water partition coefficient (Wildman–Crippen LogP) is 4.18. The molecule has 0 aliphatic rings. The van der Waals surface area contributed by atoms with Gasteiger partial charge in [-0.3, -0.25) is 4.79 Å². The molecule has 0 fully saturated rings. The monoisotopic (exact) mass is 312 g/mol. The molecule has 0 aliphatic carbocycles. The van der Waals surface area contributed by atoms with Gasteiger partial charge in [0, 0.05) is 24.7 Å². The summed E-state index contributed by atoms with van der Waals surface area (Å²) in [7, 11) is 0. The summed E-state index contributed by atoms with van der Waals surface area (Å²) in [5.41, 5.74) is 0.545. The van der Waals surface area contributed by atoms with Crippen molar-refractivity contribution in [3.05, 3.63) is 22.8 Å². The van der Waals surface area contributed by atoms with E-state index in [0.29, 0.717) is 23.2 Å². The van der Waals surface area contributed by atoms with E-state index in [-0.39, 0.29) is 5.91 Å². The molecule has 1 aromatic rings. The van der Waals surface area contributed by atoms with Crippen molar-refractivity contribution in [3.63, 3.8) is 0 Å². The fraction of sp³-hybridized carbons (Fsp3) is 0.625. The zero-order valence-corrected chi connectivity index (χ0v) is 13.9. The third kappa shape index (κ3) is 5.92. The molecular weight excluding hydrogens is 288 g/mol. The first-order valence-corrected chi connectivity index (χ1v) is 8.09. The van der Waals surface area contributed by atoms with Gasteiger partial charge in [-0.25, -0.2) is 4.98 Å². The molecule has 0 bridgehead atoms. The Morgan fingerprint density at radius 2 is 1.86 bits per heavy atom. The minimum Gasteiger partial charge on any atom is -0.478 e. The number of hydrogen-bond donors (Lipinski definition) is 0. The molecule has 1 rings (SSSR count). The molecule has 118 valence electrons. The summed E-state index contributed by atoms with van der Waals surface area (Å²) in [5.74, 6) is 0.413. The third-order valence-corrected chi connectivity index (χ3v) is 3.23. The van der Waals surface area contributed by atoms with Gasteiger partial charge in [-0.1, -0.05) is 38.8 Å². The van der Waals surface area contributed by atoms with Crippen LogP contribution in [0.4, 0.5) is 0 Å². The highest BCUT2D eigenvalue weighted by atomic mass is 35.5. The standard InChI is InChI=1S/C16H25ClN2O2/c1-4-7-10-21-15-12-13(11-14(17)18-15)16(20)19(8-5-2)9-6-3/h11-12H,4-10H2,1-3H3. The molecule has 0 saturated heterocycles. The van der Waals surface area contributed by atoms with Gasteiger partial charge in [0.2, 0.25) is 5.88 Å². The molecule has 1 heterocycles. The van der Waals surface area contributed by atoms with Crippen LogP contribution < -0.4 is 4.74 Å². The highest BCUT2D eigenvalue weighted by molar-refractivity contribution is 6.29. The lowest BCUT2D eigenvalue weighted by atomic mass is 10.2. The summed E-state index contributed by atoms with van der Waals surface area (Å²) in [6.45, 7) is 8.31. The molecule has 5 heteroatoms. The highest BCUT2D eigenvalue weighted by Crippen LogP contribution is 2.18. The number of amides is 1. The van der Waals surface area contributed by atoms with Crippen molar-refractivity contribution in [1.82, 2.24) is 9.88 Å². The maximum atomic E-state index is 12.5. The minimum atomic E-state index is -0.0108. The van der Waals surface area contributed by atoms with Crippen LogP contribution in [0.5, 0.6) is 5.88 Å². The maximum absolute atomic E-state index is 12.5. The first-order chi connectivity index (χ1) is 10.1. The summed E-state index contributed by atoms with van der Waals surface area (Å²) in [6.07, 6.45) is 3.87. The Morgan fingerprint density at radius 1 is 1.19 bits per heavy atom. The van der Waals surface area contributed by atoms with Crippen LogP contribution >= 0.6 is 11.6 Å². The number of rotatable bonds is 9. The number of aromatic nitrogens is 1. The van der Waals surface area contributed by atoms with Crippen molar-refractivity contribution in [2.24, 2.45) is 0 Å². The second-order valence-corrected chi connectivity index (χ2v) is 5.40. The van der Waals surface area contributed by atoms with Crippen molar-refractivity contribution in [2.75, 3.05) is 19.7 Å². The largest absolute Gasteiger partial charge is 0.478 e. The lowest BCUT2D eigenvalue weighted by Gasteiger charge is -2.21. The molecule has 0 N–H and O–H groups in total. The van der Waals surface area contributed by atoms with Crippen molar-refractivity contribution in [3.8, 4) is 5.88 Å². The van der Waals surface area contributed by atoms with E-state index in [4.69, 9.17) is 16.3 Å². The second kappa shape index (κ2) is 9.61. The van der Waals surface area contributed by atoms with E-state index in [1.165, 1.54) is 0 Å². The summed E-state index contributed by atoms with van der Waals surface area (Å²) in [6, 6.07) is 3.29. The molecule has 0 aromatic carbocycles. The SMILES string of the molecule is CCCCOc1cc(C(=O)N(CCC)CCC)cc(Cl)n1. The molecule has 0 radical (unpaired) electrons. The Balaban J connectivity index is 2.86. The second-order valence-electron chi connectivity index (χ2n) is 5.01. The number of nitrogens with zero attached hydrogens (tertiary/aromatic N) is 2. The van der Waals surface area contributed by atoms with E-state index in [1.807, 2.05) is 4.90 Å². The number of carbonyl (C=O) groups is 1. The summed E-state index contributed by atoms with van der Waals surface area (Å²) in [4.78, 5) is 18.5. The molecule has 0 unspecified atom stereocenters. The predicted molar refractivity (Wildman–Crippen MR) is 86.1 cm³/mol. The van der Waals surface area contributed by atoms with E-state index in [2.05, 4.69) is 25.8 Å². The van der Waals surface area contributed by atoms with E-state index < -0.39 is 0 Å². The van der Waals surface area contributed by atoms with Crippen molar-refractivity contribution in [2.45, 2.75) is 46.5 Å². The van der Waals surface area contributed by atoms with Crippen LogP contribution in [0.1, 0.15) is 56.8 Å². The molecule has 0 atom stereocenters. The van der Waals surface area contributed by atoms with Gasteiger partial charge in [0.05, 0.1) is 6.61 Å². The van der Waals surface area contributed by atoms with Gasteiger partial charge >= 0.3 is 0 Å². The van der Waals surface area contributed by atoms with Gasteiger partial charge in [-0.05, 0) is 25.3 Å². The van der Waals surface area contributed by atoms with Gasteiger partial charge in [-0.15, -0.1) is 0 Å². The lowest BCUT2D eigenvalue weighted by Crippen LogP contribution is -2.32. The molecule has 1 amide bonds. The van der Waals surface area contributed by atoms with E-state index in [1.54, 1.807) is 12.1 Å². The Kier molecular flexibility index (Phi) is 8.13. The highest BCUT2D eigenvalue weighted by Gasteiger charge is 2.16. The average molecular weight is 313 g/mol. The Hall–Kier alpha value is -1.29. The van der Waals surface area contributed by atoms with Crippen LogP contribution in [0.25, 0.3) is 0 Å². The van der Waals surface area contributed by atoms with Crippen LogP contribution in [0.2, 0.25) is 5.15 Å². The van der Waals surface area contributed by atoms with E-state index >= 15 is 0 Å². The summed E-state index contributed by atoms with van der Waals surface area (Å²) < 4.78 is 5.55. The van der Waals surface area contributed by atoms with E-state index in [9.17, 15) is 4.79 Å². The minimum absolute atomic E-state index is 0.0108. The molecule has 0 aliphatic heterocycles. The molecule has 0 spiro atoms. The van der Waals surface area contributed by atoms with Crippen LogP contribution in [-0.2, 0) is 0 Å². The van der Waals surface area contributed by atoms with E-state index in [0.717, 1.165) is 38.8 Å². The first-order valence-electron chi connectivity index (χ1n) is 7.72. The number of unbranched alkanes of at least 4 members (excludes halogenated alkanes) is 1. The zero-order valence-electron chi connectivity index (χ0n) is 13.2. The number of ether oxygens (including phenoxy) is 1. The summed E-state index contributed by atoms with van der Waals surface area (Å²) >= 11 is 6.00. The van der Waals surface area contributed by atoms with Gasteiger partial charge < -0.3 is 9.64 Å². The molecular formula is C16H25ClN2O2. The van der Waals surface area contributed by atoms with Gasteiger partial charge in [0.1, 0.15) is 5.15 Å². The number of pyridine rings is 1. The third-order valence-electron chi connectivity index (χ3n) is 3.04. The number of hydrogen-bond acceptors (Lipinski definition) is 3. The Bertz CT molecular complexity index is 446. The van der Waals surface area contributed by atoms with Crippen LogP contribution in [-0.4, -0.2) is 35.5 Å². The Labute approximate surface area is 132 Å². The average Bonchev–Trinajstić information content (AvgIpc) is 2.46. The van der Waals surface area contributed by atoms with Gasteiger partial charge in [0.15, 0.2) is 0 Å². The number of halogens is 1. The lowest BCUT2D eigenvalue weighted by molar-refractivity contribution is 0.0755. The van der Waals surface area contributed by atoms with Crippen molar-refractivity contribution in [1.29, 1.82) is 0 Å². The van der Waals surface area contributed by atoms with Gasteiger partial charge in [-0.2, -0.15) is 0 Å². The molecule has 0 saturated carbocycles. The zero-order chi connectivity index (χ0) is 15.7. The number of carbonyl (C=O) groups excluding carboxylic acids is 1. The maximum Gasteiger partial charge on any atom is 0.254 e. The van der Waals surface area contributed by atoms with Crippen LogP contribution in [0, 0.1) is 0 Å². The van der Waals surface area contributed by atoms with Gasteiger partial charge in [0.25, 0.3) is 5.91 Å². The Morgan fingerprint density at radius 3 is 2.43 bits per heavy atom. The summed E-state index contributed by atoms with van der Waals surface area (Å²) in [5, 5.41) is 0.292. The van der Waals surface area contributed by atoms with Crippen molar-refractivity contribution >= 4 is 17.5 Å². The first kappa shape index (κ1) is 17.8. The van der Waals surface area contributed by atoms with Crippen LogP contribution in [0.15, 0.2) is 12.1 Å². The quantitative estimate of drug-likeness (QED) is 0.507. The topological polar surface area (TPSA) is 42.4 Å². The molecule has 1 aromatic heterocycles. The fourth-order valence-corrected chi connectivity index (χ4v) is 2.23. The van der Waals surface area contributed by atoms with Crippen LogP contribution in [0.3, 0.4) is 0 Å². The smallest absolute Gasteiger partial charge is 0.254 e. The van der Waals surface area contributed by atoms with Crippen molar-refractivity contribution < 1.29 is 9.53 Å². The molecule has 21 heavy (non-hydrogen) atoms. The fourth-order valence-electron chi connectivity index (χ4n) is 2.03.